The van der Waals surface area contributed by atoms with Crippen molar-refractivity contribution in [3.8, 4) is 0 Å². The van der Waals surface area contributed by atoms with Crippen molar-refractivity contribution in [2.24, 2.45) is 0 Å². The Bertz CT molecular complexity index is 414. The van der Waals surface area contributed by atoms with Crippen LogP contribution in [-0.4, -0.2) is 24.3 Å². The number of halogens is 2. The van der Waals surface area contributed by atoms with Crippen molar-refractivity contribution in [1.82, 2.24) is 0 Å². The molecule has 1 unspecified atom stereocenters. The molecule has 1 N–H and O–H groups in total. The van der Waals surface area contributed by atoms with Crippen molar-refractivity contribution >= 4 is 29.2 Å². The molecule has 1 rings (SSSR count). The molecular formula is C13H16Cl2O3. The Morgan fingerprint density at radius 3 is 2.33 bits per heavy atom. The Hall–Kier alpha value is -0.770. The Kier molecular flexibility index (Phi) is 5.45. The van der Waals surface area contributed by atoms with Gasteiger partial charge < -0.3 is 9.84 Å². The number of carbonyl (C=O) groups is 1. The normalized spacial score (nSPS) is 14.1. The molecule has 100 valence electrons. The molecule has 5 heteroatoms. The Morgan fingerprint density at radius 1 is 1.33 bits per heavy atom. The summed E-state index contributed by atoms with van der Waals surface area (Å²) < 4.78 is 5.06. The number of ether oxygens (including phenoxy) is 1. The quantitative estimate of drug-likeness (QED) is 0.847. The van der Waals surface area contributed by atoms with E-state index < -0.39 is 11.4 Å². The van der Waals surface area contributed by atoms with Gasteiger partial charge >= 0.3 is 5.97 Å². The molecule has 0 bridgehead atoms. The summed E-state index contributed by atoms with van der Waals surface area (Å²) in [6, 6.07) is 4.93. The van der Waals surface area contributed by atoms with Crippen LogP contribution >= 0.6 is 23.2 Å². The first-order valence-corrected chi connectivity index (χ1v) is 6.44. The number of benzene rings is 1. The summed E-state index contributed by atoms with van der Waals surface area (Å²) in [7, 11) is 0. The van der Waals surface area contributed by atoms with E-state index in [0.29, 0.717) is 15.6 Å². The SMILES string of the molecule is CCOC(=O)C(C)(CCO)c1cc(Cl)cc(Cl)c1. The number of carbonyl (C=O) groups excluding carboxylic acids is 1. The van der Waals surface area contributed by atoms with Gasteiger partial charge in [0.15, 0.2) is 0 Å². The number of aliphatic hydroxyl groups is 1. The third-order valence-corrected chi connectivity index (χ3v) is 3.27. The predicted octanol–water partition coefficient (Wildman–Crippen LogP) is 3.20. The second-order valence-corrected chi connectivity index (χ2v) is 5.06. The first kappa shape index (κ1) is 15.3. The van der Waals surface area contributed by atoms with Crippen LogP contribution in [0.5, 0.6) is 0 Å². The molecule has 0 saturated carbocycles. The lowest BCUT2D eigenvalue weighted by Crippen LogP contribution is -2.35. The highest BCUT2D eigenvalue weighted by molar-refractivity contribution is 6.34. The van der Waals surface area contributed by atoms with Gasteiger partial charge in [0.25, 0.3) is 0 Å². The fourth-order valence-electron chi connectivity index (χ4n) is 1.75. The molecule has 0 aromatic heterocycles. The smallest absolute Gasteiger partial charge is 0.316 e. The van der Waals surface area contributed by atoms with Crippen molar-refractivity contribution in [3.63, 3.8) is 0 Å². The van der Waals surface area contributed by atoms with Gasteiger partial charge in [0.1, 0.15) is 0 Å². The summed E-state index contributed by atoms with van der Waals surface area (Å²) in [6.07, 6.45) is 0.252. The van der Waals surface area contributed by atoms with E-state index in [1.807, 2.05) is 0 Å². The minimum Gasteiger partial charge on any atom is -0.465 e. The zero-order valence-electron chi connectivity index (χ0n) is 10.4. The van der Waals surface area contributed by atoms with Gasteiger partial charge in [-0.15, -0.1) is 0 Å². The summed E-state index contributed by atoms with van der Waals surface area (Å²) >= 11 is 11.9. The Morgan fingerprint density at radius 2 is 1.89 bits per heavy atom. The summed E-state index contributed by atoms with van der Waals surface area (Å²) in [4.78, 5) is 12.1. The summed E-state index contributed by atoms with van der Waals surface area (Å²) in [6.45, 7) is 3.61. The molecule has 0 saturated heterocycles. The van der Waals surface area contributed by atoms with E-state index in [9.17, 15) is 4.79 Å². The van der Waals surface area contributed by atoms with E-state index in [1.54, 1.807) is 32.0 Å². The van der Waals surface area contributed by atoms with E-state index >= 15 is 0 Å². The maximum Gasteiger partial charge on any atom is 0.316 e. The highest BCUT2D eigenvalue weighted by atomic mass is 35.5. The molecule has 0 aliphatic heterocycles. The second-order valence-electron chi connectivity index (χ2n) is 4.18. The molecule has 0 aliphatic rings. The van der Waals surface area contributed by atoms with Crippen molar-refractivity contribution in [2.45, 2.75) is 25.7 Å². The maximum absolute atomic E-state index is 12.1. The molecule has 0 fully saturated rings. The number of hydrogen-bond acceptors (Lipinski definition) is 3. The van der Waals surface area contributed by atoms with Gasteiger partial charge in [0.05, 0.1) is 12.0 Å². The first-order chi connectivity index (χ1) is 8.43. The van der Waals surface area contributed by atoms with Crippen molar-refractivity contribution in [3.05, 3.63) is 33.8 Å². The van der Waals surface area contributed by atoms with E-state index in [1.165, 1.54) is 0 Å². The van der Waals surface area contributed by atoms with Gasteiger partial charge in [-0.3, -0.25) is 4.79 Å². The van der Waals surface area contributed by atoms with Gasteiger partial charge in [0, 0.05) is 16.7 Å². The lowest BCUT2D eigenvalue weighted by Gasteiger charge is -2.27. The third kappa shape index (κ3) is 3.37. The molecule has 0 aliphatic carbocycles. The van der Waals surface area contributed by atoms with Gasteiger partial charge in [0.2, 0.25) is 0 Å². The van der Waals surface area contributed by atoms with Crippen molar-refractivity contribution in [1.29, 1.82) is 0 Å². The molecule has 3 nitrogen and oxygen atoms in total. The van der Waals surface area contributed by atoms with Crippen LogP contribution in [0.15, 0.2) is 18.2 Å². The standard InChI is InChI=1S/C13H16Cl2O3/c1-3-18-12(17)13(2,4-5-16)9-6-10(14)8-11(15)7-9/h6-8,16H,3-5H2,1-2H3. The van der Waals surface area contributed by atoms with Crippen molar-refractivity contribution < 1.29 is 14.6 Å². The number of rotatable bonds is 5. The lowest BCUT2D eigenvalue weighted by molar-refractivity contribution is -0.150. The Balaban J connectivity index is 3.21. The largest absolute Gasteiger partial charge is 0.465 e. The Labute approximate surface area is 117 Å². The fraction of sp³-hybridized carbons (Fsp3) is 0.462. The van der Waals surface area contributed by atoms with Gasteiger partial charge in [-0.2, -0.15) is 0 Å². The van der Waals surface area contributed by atoms with Crippen LogP contribution in [-0.2, 0) is 14.9 Å². The number of aliphatic hydroxyl groups excluding tert-OH is 1. The van der Waals surface area contributed by atoms with E-state index in [-0.39, 0.29) is 19.6 Å². The summed E-state index contributed by atoms with van der Waals surface area (Å²) in [5, 5.41) is 10.0. The molecule has 0 spiro atoms. The minimum absolute atomic E-state index is 0.126. The summed E-state index contributed by atoms with van der Waals surface area (Å²) in [5.41, 5.74) is -0.299. The molecule has 0 heterocycles. The van der Waals surface area contributed by atoms with Gasteiger partial charge in [-0.25, -0.2) is 0 Å². The number of esters is 1. The fourth-order valence-corrected chi connectivity index (χ4v) is 2.28. The van der Waals surface area contributed by atoms with Crippen molar-refractivity contribution in [2.75, 3.05) is 13.2 Å². The maximum atomic E-state index is 12.1. The zero-order chi connectivity index (χ0) is 13.8. The van der Waals surface area contributed by atoms with Crippen LogP contribution in [0.3, 0.4) is 0 Å². The van der Waals surface area contributed by atoms with Crippen LogP contribution in [0.25, 0.3) is 0 Å². The molecule has 0 radical (unpaired) electrons. The topological polar surface area (TPSA) is 46.5 Å². The van der Waals surface area contributed by atoms with E-state index in [4.69, 9.17) is 33.0 Å². The minimum atomic E-state index is -0.945. The van der Waals surface area contributed by atoms with E-state index in [2.05, 4.69) is 0 Å². The molecular weight excluding hydrogens is 275 g/mol. The van der Waals surface area contributed by atoms with Gasteiger partial charge in [-0.05, 0) is 44.0 Å². The molecule has 1 aromatic rings. The lowest BCUT2D eigenvalue weighted by atomic mass is 9.80. The predicted molar refractivity (Wildman–Crippen MR) is 72.1 cm³/mol. The first-order valence-electron chi connectivity index (χ1n) is 5.68. The van der Waals surface area contributed by atoms with Crippen LogP contribution in [0.4, 0.5) is 0 Å². The average molecular weight is 291 g/mol. The second kappa shape index (κ2) is 6.41. The van der Waals surface area contributed by atoms with Crippen LogP contribution < -0.4 is 0 Å². The van der Waals surface area contributed by atoms with Crippen LogP contribution in [0.1, 0.15) is 25.8 Å². The monoisotopic (exact) mass is 290 g/mol. The molecule has 1 aromatic carbocycles. The van der Waals surface area contributed by atoms with Crippen LogP contribution in [0, 0.1) is 0 Å². The third-order valence-electron chi connectivity index (χ3n) is 2.84. The highest BCUT2D eigenvalue weighted by Crippen LogP contribution is 2.33. The average Bonchev–Trinajstić information content (AvgIpc) is 2.28. The molecule has 0 amide bonds. The molecule has 1 atom stereocenters. The molecule has 18 heavy (non-hydrogen) atoms. The summed E-state index contributed by atoms with van der Waals surface area (Å²) in [5.74, 6) is -0.391. The highest BCUT2D eigenvalue weighted by Gasteiger charge is 2.36. The zero-order valence-corrected chi connectivity index (χ0v) is 11.9. The van der Waals surface area contributed by atoms with Crippen LogP contribution in [0.2, 0.25) is 10.0 Å². The van der Waals surface area contributed by atoms with Gasteiger partial charge in [-0.1, -0.05) is 23.2 Å². The number of hydrogen-bond donors (Lipinski definition) is 1. The van der Waals surface area contributed by atoms with E-state index in [0.717, 1.165) is 0 Å².